The van der Waals surface area contributed by atoms with Crippen molar-refractivity contribution in [2.24, 2.45) is 10.4 Å². The summed E-state index contributed by atoms with van der Waals surface area (Å²) in [6, 6.07) is 0. The van der Waals surface area contributed by atoms with Gasteiger partial charge in [0.25, 0.3) is 0 Å². The van der Waals surface area contributed by atoms with Gasteiger partial charge in [0.15, 0.2) is 5.96 Å². The molecule has 1 saturated carbocycles. The zero-order valence-corrected chi connectivity index (χ0v) is 13.8. The zero-order chi connectivity index (χ0) is 15.4. The molecule has 0 radical (unpaired) electrons. The quantitative estimate of drug-likeness (QED) is 0.663. The number of nitrogens with one attached hydrogen (secondary N) is 2. The Hall–Kier alpha value is -1.59. The predicted octanol–water partition coefficient (Wildman–Crippen LogP) is 2.14. The number of aliphatic imine (C=N–C) groups is 1. The second-order valence-electron chi connectivity index (χ2n) is 7.05. The van der Waals surface area contributed by atoms with Gasteiger partial charge in [0, 0.05) is 32.6 Å². The molecule has 1 aliphatic carbocycles. The highest BCUT2D eigenvalue weighted by molar-refractivity contribution is 5.80. The first-order valence-electron chi connectivity index (χ1n) is 8.51. The van der Waals surface area contributed by atoms with Crippen LogP contribution in [-0.2, 0) is 0 Å². The van der Waals surface area contributed by atoms with E-state index in [1.165, 1.54) is 25.7 Å². The third-order valence-corrected chi connectivity index (χ3v) is 5.31. The van der Waals surface area contributed by atoms with Crippen molar-refractivity contribution in [3.8, 4) is 0 Å². The number of nitrogens with zero attached hydrogens (tertiary/aromatic N) is 4. The average molecular weight is 304 g/mol. The van der Waals surface area contributed by atoms with E-state index < -0.39 is 0 Å². The first-order valence-corrected chi connectivity index (χ1v) is 8.51. The van der Waals surface area contributed by atoms with E-state index in [1.807, 2.05) is 7.05 Å². The van der Waals surface area contributed by atoms with Crippen LogP contribution in [-0.4, -0.2) is 52.7 Å². The highest BCUT2D eigenvalue weighted by atomic mass is 15.3. The Morgan fingerprint density at radius 2 is 2.14 bits per heavy atom. The third-order valence-electron chi connectivity index (χ3n) is 5.31. The van der Waals surface area contributed by atoms with Crippen LogP contribution in [0.5, 0.6) is 0 Å². The highest BCUT2D eigenvalue weighted by Gasteiger charge is 2.30. The number of piperidine rings is 1. The Morgan fingerprint density at radius 3 is 2.73 bits per heavy atom. The summed E-state index contributed by atoms with van der Waals surface area (Å²) < 4.78 is 0. The van der Waals surface area contributed by atoms with E-state index >= 15 is 0 Å². The van der Waals surface area contributed by atoms with Gasteiger partial charge in [0.05, 0.1) is 0 Å². The van der Waals surface area contributed by atoms with Gasteiger partial charge in [-0.3, -0.25) is 10.1 Å². The summed E-state index contributed by atoms with van der Waals surface area (Å²) in [5, 5.41) is 10.6. The molecule has 0 spiro atoms. The van der Waals surface area contributed by atoms with Gasteiger partial charge in [-0.1, -0.05) is 19.8 Å². The van der Waals surface area contributed by atoms with E-state index in [9.17, 15) is 0 Å². The molecule has 1 aromatic rings. The standard InChI is InChI=1S/C16H28N6/c1-16(7-3-4-8-16)11-18-15(17-2)22-9-5-13(6-10-22)14-19-12-20-21-14/h12-13H,3-11H2,1-2H3,(H,17,18)(H,19,20,21). The third kappa shape index (κ3) is 3.42. The molecular formula is C16H28N6. The Kier molecular flexibility index (Phi) is 4.64. The van der Waals surface area contributed by atoms with Crippen molar-refractivity contribution in [2.75, 3.05) is 26.7 Å². The maximum atomic E-state index is 4.49. The van der Waals surface area contributed by atoms with E-state index in [4.69, 9.17) is 0 Å². The molecule has 0 bridgehead atoms. The second-order valence-corrected chi connectivity index (χ2v) is 7.05. The molecule has 1 saturated heterocycles. The van der Waals surface area contributed by atoms with Crippen molar-refractivity contribution in [1.82, 2.24) is 25.4 Å². The molecule has 6 heteroatoms. The molecule has 0 unspecified atom stereocenters. The maximum absolute atomic E-state index is 4.49. The van der Waals surface area contributed by atoms with Crippen LogP contribution in [0.15, 0.2) is 11.3 Å². The SMILES string of the molecule is CN=C(NCC1(C)CCCC1)N1CCC(c2ncn[nH]2)CC1. The fraction of sp³-hybridized carbons (Fsp3) is 0.812. The van der Waals surface area contributed by atoms with Gasteiger partial charge < -0.3 is 10.2 Å². The number of guanidine groups is 1. The van der Waals surface area contributed by atoms with Crippen LogP contribution in [0, 0.1) is 5.41 Å². The average Bonchev–Trinajstić information content (AvgIpc) is 3.21. The Balaban J connectivity index is 1.50. The topological polar surface area (TPSA) is 69.2 Å². The van der Waals surface area contributed by atoms with Crippen molar-refractivity contribution in [3.63, 3.8) is 0 Å². The fourth-order valence-corrected chi connectivity index (χ4v) is 3.81. The van der Waals surface area contributed by atoms with Crippen molar-refractivity contribution < 1.29 is 0 Å². The summed E-state index contributed by atoms with van der Waals surface area (Å²) in [6.45, 7) is 5.50. The summed E-state index contributed by atoms with van der Waals surface area (Å²) in [7, 11) is 1.89. The predicted molar refractivity (Wildman–Crippen MR) is 87.9 cm³/mol. The van der Waals surface area contributed by atoms with Gasteiger partial charge in [-0.2, -0.15) is 5.10 Å². The lowest BCUT2D eigenvalue weighted by atomic mass is 9.89. The van der Waals surface area contributed by atoms with Gasteiger partial charge in [-0.05, 0) is 31.1 Å². The summed E-state index contributed by atoms with van der Waals surface area (Å²) in [4.78, 5) is 11.2. The number of aromatic nitrogens is 3. The minimum Gasteiger partial charge on any atom is -0.356 e. The number of rotatable bonds is 3. The smallest absolute Gasteiger partial charge is 0.193 e. The van der Waals surface area contributed by atoms with Crippen molar-refractivity contribution in [1.29, 1.82) is 0 Å². The number of aromatic amines is 1. The largest absolute Gasteiger partial charge is 0.356 e. The normalized spacial score (nSPS) is 23.0. The summed E-state index contributed by atoms with van der Waals surface area (Å²) in [5.41, 5.74) is 0.452. The van der Waals surface area contributed by atoms with Crippen LogP contribution < -0.4 is 5.32 Å². The minimum absolute atomic E-state index is 0.452. The van der Waals surface area contributed by atoms with Gasteiger partial charge in [-0.15, -0.1) is 0 Å². The molecule has 3 rings (SSSR count). The molecule has 22 heavy (non-hydrogen) atoms. The molecule has 2 N–H and O–H groups in total. The van der Waals surface area contributed by atoms with Crippen LogP contribution in [0.1, 0.15) is 57.2 Å². The molecule has 1 aliphatic heterocycles. The lowest BCUT2D eigenvalue weighted by Gasteiger charge is -2.35. The minimum atomic E-state index is 0.452. The Labute approximate surface area is 132 Å². The molecule has 2 aliphatic rings. The maximum Gasteiger partial charge on any atom is 0.193 e. The number of hydrogen-bond acceptors (Lipinski definition) is 3. The Morgan fingerprint density at radius 1 is 1.41 bits per heavy atom. The van der Waals surface area contributed by atoms with Crippen LogP contribution in [0.4, 0.5) is 0 Å². The first kappa shape index (κ1) is 15.3. The summed E-state index contributed by atoms with van der Waals surface area (Å²) in [6.07, 6.45) is 9.23. The van der Waals surface area contributed by atoms with Gasteiger partial charge in [-0.25, -0.2) is 4.98 Å². The van der Waals surface area contributed by atoms with Crippen LogP contribution in [0.25, 0.3) is 0 Å². The van der Waals surface area contributed by atoms with Gasteiger partial charge in [0.1, 0.15) is 12.2 Å². The fourth-order valence-electron chi connectivity index (χ4n) is 3.81. The molecule has 1 aromatic heterocycles. The summed E-state index contributed by atoms with van der Waals surface area (Å²) in [5.74, 6) is 2.59. The molecular weight excluding hydrogens is 276 g/mol. The molecule has 0 aromatic carbocycles. The van der Waals surface area contributed by atoms with E-state index in [-0.39, 0.29) is 0 Å². The lowest BCUT2D eigenvalue weighted by molar-refractivity contribution is 0.285. The van der Waals surface area contributed by atoms with Gasteiger partial charge in [0.2, 0.25) is 0 Å². The first-order chi connectivity index (χ1) is 10.7. The molecule has 2 fully saturated rings. The van der Waals surface area contributed by atoms with E-state index in [2.05, 4.69) is 37.3 Å². The monoisotopic (exact) mass is 304 g/mol. The van der Waals surface area contributed by atoms with E-state index in [0.29, 0.717) is 11.3 Å². The molecule has 0 amide bonds. The van der Waals surface area contributed by atoms with E-state index in [0.717, 1.165) is 44.3 Å². The summed E-state index contributed by atoms with van der Waals surface area (Å²) >= 11 is 0. The van der Waals surface area contributed by atoms with Gasteiger partial charge >= 0.3 is 0 Å². The molecule has 122 valence electrons. The molecule has 2 heterocycles. The highest BCUT2D eigenvalue weighted by Crippen LogP contribution is 2.36. The van der Waals surface area contributed by atoms with Crippen LogP contribution >= 0.6 is 0 Å². The number of hydrogen-bond donors (Lipinski definition) is 2. The van der Waals surface area contributed by atoms with Crippen LogP contribution in [0.3, 0.4) is 0 Å². The van der Waals surface area contributed by atoms with Crippen molar-refractivity contribution in [2.45, 2.75) is 51.4 Å². The van der Waals surface area contributed by atoms with Crippen molar-refractivity contribution in [3.05, 3.63) is 12.2 Å². The number of likely N-dealkylation sites (tertiary alicyclic amines) is 1. The van der Waals surface area contributed by atoms with Crippen molar-refractivity contribution >= 4 is 5.96 Å². The van der Waals surface area contributed by atoms with E-state index in [1.54, 1.807) is 6.33 Å². The Bertz CT molecular complexity index is 481. The van der Waals surface area contributed by atoms with Crippen LogP contribution in [0.2, 0.25) is 0 Å². The second kappa shape index (κ2) is 6.67. The number of H-pyrrole nitrogens is 1. The zero-order valence-electron chi connectivity index (χ0n) is 13.8. The molecule has 0 atom stereocenters. The molecule has 6 nitrogen and oxygen atoms in total. The lowest BCUT2D eigenvalue weighted by Crippen LogP contribution is -2.47.